The van der Waals surface area contributed by atoms with Gasteiger partial charge in [-0.1, -0.05) is 18.2 Å². The van der Waals surface area contributed by atoms with Gasteiger partial charge in [0, 0.05) is 11.1 Å². The van der Waals surface area contributed by atoms with Gasteiger partial charge in [-0.15, -0.1) is 11.3 Å². The number of thiazole rings is 1. The molecule has 0 fully saturated rings. The Labute approximate surface area is 116 Å². The van der Waals surface area contributed by atoms with Gasteiger partial charge in [-0.05, 0) is 18.6 Å². The van der Waals surface area contributed by atoms with E-state index in [0.29, 0.717) is 11.3 Å². The van der Waals surface area contributed by atoms with Gasteiger partial charge in [0.05, 0.1) is 23.0 Å². The third-order valence-corrected chi connectivity index (χ3v) is 4.64. The van der Waals surface area contributed by atoms with Gasteiger partial charge in [0.15, 0.2) is 0 Å². The highest BCUT2D eigenvalue weighted by Crippen LogP contribution is 2.14. The van der Waals surface area contributed by atoms with Crippen molar-refractivity contribution in [1.82, 2.24) is 9.71 Å². The third kappa shape index (κ3) is 4.02. The van der Waals surface area contributed by atoms with Crippen LogP contribution in [0, 0.1) is 6.92 Å². The molecule has 2 rings (SSSR count). The van der Waals surface area contributed by atoms with Gasteiger partial charge in [0.2, 0.25) is 10.0 Å². The Morgan fingerprint density at radius 1 is 1.37 bits per heavy atom. The largest absolute Gasteiger partial charge is 0.398 e. The molecule has 0 spiro atoms. The fourth-order valence-electron chi connectivity index (χ4n) is 1.59. The van der Waals surface area contributed by atoms with Gasteiger partial charge in [-0.25, -0.2) is 18.1 Å². The Morgan fingerprint density at radius 3 is 2.74 bits per heavy atom. The summed E-state index contributed by atoms with van der Waals surface area (Å²) in [6.07, 6.45) is 0. The van der Waals surface area contributed by atoms with Crippen LogP contribution in [0.5, 0.6) is 0 Å². The van der Waals surface area contributed by atoms with E-state index in [4.69, 9.17) is 5.73 Å². The van der Waals surface area contributed by atoms with Crippen molar-refractivity contribution in [2.24, 2.45) is 0 Å². The van der Waals surface area contributed by atoms with E-state index >= 15 is 0 Å². The lowest BCUT2D eigenvalue weighted by atomic mass is 10.2. The fraction of sp³-hybridized carbons (Fsp3) is 0.250. The van der Waals surface area contributed by atoms with Crippen LogP contribution in [-0.2, 0) is 22.3 Å². The zero-order valence-electron chi connectivity index (χ0n) is 10.5. The smallest absolute Gasteiger partial charge is 0.216 e. The summed E-state index contributed by atoms with van der Waals surface area (Å²) in [5.41, 5.74) is 7.55. The Balaban J connectivity index is 2.01. The lowest BCUT2D eigenvalue weighted by molar-refractivity contribution is 0.579. The van der Waals surface area contributed by atoms with E-state index in [1.165, 1.54) is 11.3 Å². The maximum absolute atomic E-state index is 11.9. The van der Waals surface area contributed by atoms with E-state index in [2.05, 4.69) is 9.71 Å². The zero-order chi connectivity index (χ0) is 13.9. The number of nitrogens with one attached hydrogen (secondary N) is 1. The van der Waals surface area contributed by atoms with E-state index in [0.717, 1.165) is 10.7 Å². The van der Waals surface area contributed by atoms with Gasteiger partial charge in [-0.2, -0.15) is 0 Å². The zero-order valence-corrected chi connectivity index (χ0v) is 12.1. The van der Waals surface area contributed by atoms with Crippen LogP contribution in [0.3, 0.4) is 0 Å². The van der Waals surface area contributed by atoms with Crippen LogP contribution in [0.2, 0.25) is 0 Å². The van der Waals surface area contributed by atoms with Crippen LogP contribution in [0.4, 0.5) is 5.69 Å². The second kappa shape index (κ2) is 5.68. The Hall–Kier alpha value is -1.44. The lowest BCUT2D eigenvalue weighted by Gasteiger charge is -2.07. The second-order valence-electron chi connectivity index (χ2n) is 4.14. The summed E-state index contributed by atoms with van der Waals surface area (Å²) in [7, 11) is -3.41. The van der Waals surface area contributed by atoms with Crippen molar-refractivity contribution in [2.75, 3.05) is 5.73 Å². The number of aryl methyl sites for hydroxylation is 1. The molecule has 1 aromatic carbocycles. The van der Waals surface area contributed by atoms with Crippen molar-refractivity contribution in [2.45, 2.75) is 19.2 Å². The topological polar surface area (TPSA) is 85.1 Å². The molecule has 2 aromatic rings. The fourth-order valence-corrected chi connectivity index (χ4v) is 3.35. The summed E-state index contributed by atoms with van der Waals surface area (Å²) >= 11 is 1.50. The number of nitrogen functional groups attached to an aromatic ring is 1. The predicted molar refractivity (Wildman–Crippen MR) is 77.2 cm³/mol. The number of anilines is 1. The average Bonchev–Trinajstić information content (AvgIpc) is 2.76. The number of hydrogen-bond donors (Lipinski definition) is 2. The molecule has 0 aliphatic carbocycles. The van der Waals surface area contributed by atoms with Gasteiger partial charge >= 0.3 is 0 Å². The van der Waals surface area contributed by atoms with E-state index in [-0.39, 0.29) is 12.3 Å². The summed E-state index contributed by atoms with van der Waals surface area (Å²) in [6.45, 7) is 2.09. The summed E-state index contributed by atoms with van der Waals surface area (Å²) < 4.78 is 26.4. The highest BCUT2D eigenvalue weighted by Gasteiger charge is 2.13. The molecule has 0 amide bonds. The summed E-state index contributed by atoms with van der Waals surface area (Å²) in [6, 6.07) is 6.94. The van der Waals surface area contributed by atoms with Crippen LogP contribution in [0.1, 0.15) is 16.3 Å². The maximum atomic E-state index is 11.9. The van der Waals surface area contributed by atoms with Crippen LogP contribution >= 0.6 is 11.3 Å². The van der Waals surface area contributed by atoms with Gasteiger partial charge in [0.1, 0.15) is 0 Å². The SMILES string of the molecule is Cc1nc(CNS(=O)(=O)Cc2ccccc2N)cs1. The van der Waals surface area contributed by atoms with Crippen molar-refractivity contribution in [3.8, 4) is 0 Å². The molecule has 0 atom stereocenters. The average molecular weight is 297 g/mol. The highest BCUT2D eigenvalue weighted by atomic mass is 32.2. The highest BCUT2D eigenvalue weighted by molar-refractivity contribution is 7.88. The Morgan fingerprint density at radius 2 is 2.11 bits per heavy atom. The molecule has 7 heteroatoms. The summed E-state index contributed by atoms with van der Waals surface area (Å²) in [5.74, 6) is -0.122. The molecule has 0 aliphatic heterocycles. The minimum atomic E-state index is -3.41. The molecule has 0 saturated carbocycles. The van der Waals surface area contributed by atoms with Gasteiger partial charge in [0.25, 0.3) is 0 Å². The molecule has 19 heavy (non-hydrogen) atoms. The first kappa shape index (κ1) is 14.0. The number of rotatable bonds is 5. The van der Waals surface area contributed by atoms with Gasteiger partial charge < -0.3 is 5.73 Å². The first-order valence-corrected chi connectivity index (χ1v) is 8.21. The third-order valence-electron chi connectivity index (χ3n) is 2.54. The molecule has 0 saturated heterocycles. The number of aromatic nitrogens is 1. The van der Waals surface area contributed by atoms with Crippen molar-refractivity contribution in [1.29, 1.82) is 0 Å². The van der Waals surface area contributed by atoms with Crippen molar-refractivity contribution >= 4 is 27.0 Å². The predicted octanol–water partition coefficient (Wildman–Crippen LogP) is 1.65. The molecule has 0 bridgehead atoms. The lowest BCUT2D eigenvalue weighted by Crippen LogP contribution is -2.25. The summed E-state index contributed by atoms with van der Waals surface area (Å²) in [4.78, 5) is 4.21. The minimum Gasteiger partial charge on any atom is -0.398 e. The monoisotopic (exact) mass is 297 g/mol. The number of benzene rings is 1. The molecule has 5 nitrogen and oxygen atoms in total. The molecule has 1 heterocycles. The quantitative estimate of drug-likeness (QED) is 0.822. The standard InChI is InChI=1S/C12H15N3O2S2/c1-9-15-11(7-18-9)6-14-19(16,17)8-10-4-2-3-5-12(10)13/h2-5,7,14H,6,8,13H2,1H3. The molecule has 0 unspecified atom stereocenters. The van der Waals surface area contributed by atoms with Crippen LogP contribution in [0.15, 0.2) is 29.6 Å². The number of sulfonamides is 1. The van der Waals surface area contributed by atoms with E-state index in [1.54, 1.807) is 24.3 Å². The normalized spacial score (nSPS) is 11.6. The Kier molecular flexibility index (Phi) is 4.18. The van der Waals surface area contributed by atoms with Crippen molar-refractivity contribution < 1.29 is 8.42 Å². The minimum absolute atomic E-state index is 0.122. The second-order valence-corrected chi connectivity index (χ2v) is 7.01. The van der Waals surface area contributed by atoms with E-state index in [1.807, 2.05) is 12.3 Å². The number of hydrogen-bond acceptors (Lipinski definition) is 5. The Bertz CT molecular complexity index is 665. The van der Waals surface area contributed by atoms with Crippen LogP contribution in [0.25, 0.3) is 0 Å². The maximum Gasteiger partial charge on any atom is 0.216 e. The first-order valence-electron chi connectivity index (χ1n) is 5.68. The van der Waals surface area contributed by atoms with Gasteiger partial charge in [-0.3, -0.25) is 0 Å². The molecule has 0 aliphatic rings. The molecule has 102 valence electrons. The molecule has 3 N–H and O–H groups in total. The van der Waals surface area contributed by atoms with Crippen molar-refractivity contribution in [3.63, 3.8) is 0 Å². The van der Waals surface area contributed by atoms with Crippen LogP contribution in [-0.4, -0.2) is 13.4 Å². The van der Waals surface area contributed by atoms with Crippen molar-refractivity contribution in [3.05, 3.63) is 45.9 Å². The molecule has 1 aromatic heterocycles. The molecule has 0 radical (unpaired) electrons. The number of nitrogens with two attached hydrogens (primary N) is 1. The first-order chi connectivity index (χ1) is 8.96. The summed E-state index contributed by atoms with van der Waals surface area (Å²) in [5, 5.41) is 2.76. The van der Waals surface area contributed by atoms with Crippen LogP contribution < -0.4 is 10.5 Å². The molecular weight excluding hydrogens is 282 g/mol. The van der Waals surface area contributed by atoms with E-state index < -0.39 is 10.0 Å². The van der Waals surface area contributed by atoms with E-state index in [9.17, 15) is 8.42 Å². The number of nitrogens with zero attached hydrogens (tertiary/aromatic N) is 1. The number of para-hydroxylation sites is 1. The molecular formula is C12H15N3O2S2.